The molecule has 0 amide bonds. The summed E-state index contributed by atoms with van der Waals surface area (Å²) in [6.45, 7) is 0. The maximum Gasteiger partial charge on any atom is 0.249 e. The molecule has 0 aliphatic heterocycles. The second kappa shape index (κ2) is 6.19. The molecule has 0 spiro atoms. The predicted octanol–water partition coefficient (Wildman–Crippen LogP) is 4.01. The Labute approximate surface area is 127 Å². The van der Waals surface area contributed by atoms with E-state index in [0.717, 1.165) is 11.4 Å². The minimum absolute atomic E-state index is 0.379. The Morgan fingerprint density at radius 3 is 2.43 bits per heavy atom. The van der Waals surface area contributed by atoms with E-state index in [0.29, 0.717) is 16.8 Å². The third kappa shape index (κ3) is 3.46. The van der Waals surface area contributed by atoms with Crippen molar-refractivity contribution < 1.29 is 0 Å². The Morgan fingerprint density at radius 2 is 1.62 bits per heavy atom. The first-order valence-corrected chi connectivity index (χ1v) is 6.72. The van der Waals surface area contributed by atoms with Crippen LogP contribution in [0.15, 0.2) is 60.8 Å². The van der Waals surface area contributed by atoms with Crippen molar-refractivity contribution >= 4 is 34.7 Å². The van der Waals surface area contributed by atoms with Crippen LogP contribution in [0, 0.1) is 0 Å². The molecule has 1 aromatic heterocycles. The maximum absolute atomic E-state index is 6.09. The first-order chi connectivity index (χ1) is 10.3. The summed E-state index contributed by atoms with van der Waals surface area (Å²) in [4.78, 5) is 4.35. The van der Waals surface area contributed by atoms with E-state index in [1.54, 1.807) is 12.3 Å². The van der Waals surface area contributed by atoms with Gasteiger partial charge in [0.1, 0.15) is 0 Å². The topological polar surface area (TPSA) is 62.7 Å². The van der Waals surface area contributed by atoms with Gasteiger partial charge >= 0.3 is 0 Å². The molecule has 2 N–H and O–H groups in total. The van der Waals surface area contributed by atoms with Crippen molar-refractivity contribution in [2.75, 3.05) is 10.6 Å². The zero-order chi connectivity index (χ0) is 14.5. The number of para-hydroxylation sites is 2. The minimum Gasteiger partial charge on any atom is -0.339 e. The molecule has 0 unspecified atom stereocenters. The summed E-state index contributed by atoms with van der Waals surface area (Å²) < 4.78 is 0. The van der Waals surface area contributed by atoms with E-state index in [-0.39, 0.29) is 0 Å². The number of halogens is 1. The number of benzene rings is 2. The third-order valence-electron chi connectivity index (χ3n) is 2.73. The van der Waals surface area contributed by atoms with Gasteiger partial charge in [0.25, 0.3) is 0 Å². The summed E-state index contributed by atoms with van der Waals surface area (Å²) in [5.74, 6) is 0.981. The second-order valence-corrected chi connectivity index (χ2v) is 4.67. The van der Waals surface area contributed by atoms with E-state index >= 15 is 0 Å². The minimum atomic E-state index is 0.379. The smallest absolute Gasteiger partial charge is 0.249 e. The third-order valence-corrected chi connectivity index (χ3v) is 3.05. The molecule has 0 aliphatic rings. The molecule has 3 aromatic rings. The van der Waals surface area contributed by atoms with Crippen molar-refractivity contribution in [1.82, 2.24) is 15.2 Å². The van der Waals surface area contributed by atoms with Crippen molar-refractivity contribution in [2.24, 2.45) is 0 Å². The van der Waals surface area contributed by atoms with Crippen molar-refractivity contribution in [1.29, 1.82) is 0 Å². The van der Waals surface area contributed by atoms with E-state index in [4.69, 9.17) is 11.6 Å². The van der Waals surface area contributed by atoms with Crippen LogP contribution in [-0.2, 0) is 0 Å². The highest BCUT2D eigenvalue weighted by molar-refractivity contribution is 6.33. The fraction of sp³-hybridized carbons (Fsp3) is 0. The van der Waals surface area contributed by atoms with Gasteiger partial charge in [0, 0.05) is 5.69 Å². The van der Waals surface area contributed by atoms with Gasteiger partial charge in [-0.1, -0.05) is 41.9 Å². The molecule has 0 saturated heterocycles. The van der Waals surface area contributed by atoms with Crippen molar-refractivity contribution in [2.45, 2.75) is 0 Å². The maximum atomic E-state index is 6.09. The summed E-state index contributed by atoms with van der Waals surface area (Å²) in [5, 5.41) is 14.7. The highest BCUT2D eigenvalue weighted by atomic mass is 35.5. The monoisotopic (exact) mass is 297 g/mol. The predicted molar refractivity (Wildman–Crippen MR) is 84.3 cm³/mol. The molecule has 3 rings (SSSR count). The van der Waals surface area contributed by atoms with E-state index in [9.17, 15) is 0 Å². The number of hydrogen-bond acceptors (Lipinski definition) is 5. The molecule has 0 atom stereocenters. The first kappa shape index (κ1) is 13.3. The number of hydrogen-bond donors (Lipinski definition) is 2. The zero-order valence-corrected chi connectivity index (χ0v) is 11.7. The molecule has 21 heavy (non-hydrogen) atoms. The van der Waals surface area contributed by atoms with Gasteiger partial charge in [0.05, 0.1) is 16.9 Å². The largest absolute Gasteiger partial charge is 0.339 e. The van der Waals surface area contributed by atoms with Crippen LogP contribution in [0.25, 0.3) is 0 Å². The Hall–Kier alpha value is -2.66. The number of rotatable bonds is 4. The molecular formula is C15H12ClN5. The highest BCUT2D eigenvalue weighted by Gasteiger charge is 2.04. The van der Waals surface area contributed by atoms with Crippen molar-refractivity contribution in [3.05, 3.63) is 65.8 Å². The van der Waals surface area contributed by atoms with Crippen LogP contribution in [0.2, 0.25) is 5.02 Å². The molecule has 0 fully saturated rings. The van der Waals surface area contributed by atoms with Crippen LogP contribution < -0.4 is 10.6 Å². The standard InChI is InChI=1S/C15H12ClN5/c16-12-8-4-5-9-13(12)19-15-20-14(10-17-21-15)18-11-6-2-1-3-7-11/h1-10H,(H2,18,19,20,21). The fourth-order valence-electron chi connectivity index (χ4n) is 1.77. The summed E-state index contributed by atoms with van der Waals surface area (Å²) in [7, 11) is 0. The molecule has 0 bridgehead atoms. The van der Waals surface area contributed by atoms with E-state index in [1.807, 2.05) is 48.5 Å². The summed E-state index contributed by atoms with van der Waals surface area (Å²) in [6, 6.07) is 17.1. The summed E-state index contributed by atoms with van der Waals surface area (Å²) in [6.07, 6.45) is 1.56. The first-order valence-electron chi connectivity index (χ1n) is 6.34. The van der Waals surface area contributed by atoms with Gasteiger partial charge in [0.2, 0.25) is 5.95 Å². The van der Waals surface area contributed by atoms with Gasteiger partial charge in [-0.15, -0.1) is 5.10 Å². The molecule has 5 nitrogen and oxygen atoms in total. The number of nitrogens with zero attached hydrogens (tertiary/aromatic N) is 3. The van der Waals surface area contributed by atoms with Crippen LogP contribution in [0.1, 0.15) is 0 Å². The highest BCUT2D eigenvalue weighted by Crippen LogP contribution is 2.23. The van der Waals surface area contributed by atoms with Crippen LogP contribution in [0.5, 0.6) is 0 Å². The Morgan fingerprint density at radius 1 is 0.857 bits per heavy atom. The lowest BCUT2D eigenvalue weighted by Crippen LogP contribution is -2.02. The van der Waals surface area contributed by atoms with Crippen molar-refractivity contribution in [3.63, 3.8) is 0 Å². The Bertz CT molecular complexity index is 733. The number of anilines is 4. The van der Waals surface area contributed by atoms with Gasteiger partial charge in [-0.3, -0.25) is 0 Å². The van der Waals surface area contributed by atoms with Crippen LogP contribution >= 0.6 is 11.6 Å². The Kier molecular flexibility index (Phi) is 3.93. The summed E-state index contributed by atoms with van der Waals surface area (Å²) in [5.41, 5.74) is 1.67. The van der Waals surface area contributed by atoms with Crippen LogP contribution in [0.4, 0.5) is 23.1 Å². The van der Waals surface area contributed by atoms with Crippen LogP contribution in [0.3, 0.4) is 0 Å². The molecular weight excluding hydrogens is 286 g/mol. The van der Waals surface area contributed by atoms with Gasteiger partial charge in [-0.25, -0.2) is 0 Å². The quantitative estimate of drug-likeness (QED) is 0.762. The lowest BCUT2D eigenvalue weighted by Gasteiger charge is -2.08. The van der Waals surface area contributed by atoms with E-state index in [1.165, 1.54) is 0 Å². The normalized spacial score (nSPS) is 10.1. The average Bonchev–Trinajstić information content (AvgIpc) is 2.51. The number of nitrogens with one attached hydrogen (secondary N) is 2. The summed E-state index contributed by atoms with van der Waals surface area (Å²) >= 11 is 6.09. The van der Waals surface area contributed by atoms with Gasteiger partial charge in [-0.2, -0.15) is 10.1 Å². The molecule has 6 heteroatoms. The zero-order valence-electron chi connectivity index (χ0n) is 11.0. The lowest BCUT2D eigenvalue weighted by atomic mass is 10.3. The molecule has 0 aliphatic carbocycles. The van der Waals surface area contributed by atoms with Gasteiger partial charge < -0.3 is 10.6 Å². The molecule has 0 radical (unpaired) electrons. The lowest BCUT2D eigenvalue weighted by molar-refractivity contribution is 0.982. The van der Waals surface area contributed by atoms with Gasteiger partial charge in [0.15, 0.2) is 5.82 Å². The van der Waals surface area contributed by atoms with Gasteiger partial charge in [-0.05, 0) is 24.3 Å². The van der Waals surface area contributed by atoms with Crippen molar-refractivity contribution in [3.8, 4) is 0 Å². The van der Waals surface area contributed by atoms with E-state index < -0.39 is 0 Å². The SMILES string of the molecule is Clc1ccccc1Nc1nncc(Nc2ccccc2)n1. The molecule has 104 valence electrons. The molecule has 2 aromatic carbocycles. The average molecular weight is 298 g/mol. The van der Waals surface area contributed by atoms with Crippen LogP contribution in [-0.4, -0.2) is 15.2 Å². The van der Waals surface area contributed by atoms with E-state index in [2.05, 4.69) is 25.8 Å². The molecule has 1 heterocycles. The number of aromatic nitrogens is 3. The fourth-order valence-corrected chi connectivity index (χ4v) is 1.95. The second-order valence-electron chi connectivity index (χ2n) is 4.26. The molecule has 0 saturated carbocycles. The Balaban J connectivity index is 1.79.